The summed E-state index contributed by atoms with van der Waals surface area (Å²) in [4.78, 5) is 37.8. The van der Waals surface area contributed by atoms with Crippen LogP contribution in [0.2, 0.25) is 0 Å². The number of carbonyl (C=O) groups is 3. The highest BCUT2D eigenvalue weighted by molar-refractivity contribution is 8.00. The summed E-state index contributed by atoms with van der Waals surface area (Å²) < 4.78 is 0. The van der Waals surface area contributed by atoms with Crippen molar-refractivity contribution < 1.29 is 14.4 Å². The Morgan fingerprint density at radius 2 is 1.88 bits per heavy atom. The summed E-state index contributed by atoms with van der Waals surface area (Å²) >= 11 is 1.37. The third kappa shape index (κ3) is 3.91. The highest BCUT2D eigenvalue weighted by atomic mass is 32.2. The Morgan fingerprint density at radius 3 is 2.48 bits per heavy atom. The van der Waals surface area contributed by atoms with Gasteiger partial charge < -0.3 is 5.32 Å². The average Bonchev–Trinajstić information content (AvgIpc) is 2.83. The number of nitrogens with zero attached hydrogens (tertiary/aromatic N) is 1. The Kier molecular flexibility index (Phi) is 4.90. The van der Waals surface area contributed by atoms with E-state index in [9.17, 15) is 14.4 Å². The van der Waals surface area contributed by atoms with Crippen molar-refractivity contribution in [3.63, 3.8) is 0 Å². The number of thioether (sulfide) groups is 1. The molecule has 3 rings (SSSR count). The summed E-state index contributed by atoms with van der Waals surface area (Å²) in [6.07, 6.45) is 0.228. The van der Waals surface area contributed by atoms with Gasteiger partial charge in [0, 0.05) is 29.6 Å². The number of likely N-dealkylation sites (tertiary alicyclic amines) is 1. The smallest absolute Gasteiger partial charge is 0.255 e. The topological polar surface area (TPSA) is 66.5 Å². The lowest BCUT2D eigenvalue weighted by Gasteiger charge is -2.10. The van der Waals surface area contributed by atoms with Crippen LogP contribution in [0.25, 0.3) is 0 Å². The Labute approximate surface area is 150 Å². The summed E-state index contributed by atoms with van der Waals surface area (Å²) in [6, 6.07) is 14.7. The number of anilines is 1. The first-order chi connectivity index (χ1) is 11.9. The van der Waals surface area contributed by atoms with Crippen LogP contribution < -0.4 is 5.32 Å². The highest BCUT2D eigenvalue weighted by Crippen LogP contribution is 2.31. The molecule has 1 aliphatic rings. The number of aryl methyl sites for hydroxylation is 1. The number of hydrogen-bond acceptors (Lipinski definition) is 4. The minimum atomic E-state index is -0.370. The van der Waals surface area contributed by atoms with Gasteiger partial charge in [-0.2, -0.15) is 0 Å². The van der Waals surface area contributed by atoms with Gasteiger partial charge in [-0.3, -0.25) is 19.3 Å². The maximum atomic E-state index is 12.2. The van der Waals surface area contributed by atoms with E-state index in [4.69, 9.17) is 0 Å². The molecular weight excluding hydrogens is 336 g/mol. The summed E-state index contributed by atoms with van der Waals surface area (Å²) in [5, 5.41) is 2.48. The van der Waals surface area contributed by atoms with E-state index >= 15 is 0 Å². The molecular formula is C19H18N2O3S. The molecule has 1 saturated heterocycles. The van der Waals surface area contributed by atoms with Crippen molar-refractivity contribution >= 4 is 35.2 Å². The van der Waals surface area contributed by atoms with Gasteiger partial charge in [0.05, 0.1) is 5.25 Å². The molecule has 2 aromatic rings. The van der Waals surface area contributed by atoms with Gasteiger partial charge in [-0.1, -0.05) is 17.7 Å². The van der Waals surface area contributed by atoms with Crippen molar-refractivity contribution in [2.45, 2.75) is 23.5 Å². The molecule has 1 unspecified atom stereocenters. The number of amides is 3. The normalized spacial score (nSPS) is 17.0. The van der Waals surface area contributed by atoms with E-state index in [1.54, 1.807) is 18.2 Å². The van der Waals surface area contributed by atoms with Crippen molar-refractivity contribution in [1.29, 1.82) is 0 Å². The third-order valence-corrected chi connectivity index (χ3v) is 5.21. The highest BCUT2D eigenvalue weighted by Gasteiger charge is 2.36. The fourth-order valence-electron chi connectivity index (χ4n) is 2.58. The molecule has 5 nitrogen and oxygen atoms in total. The van der Waals surface area contributed by atoms with E-state index < -0.39 is 0 Å². The van der Waals surface area contributed by atoms with Crippen molar-refractivity contribution in [3.05, 3.63) is 59.7 Å². The first kappa shape index (κ1) is 17.2. The van der Waals surface area contributed by atoms with E-state index in [0.717, 1.165) is 10.5 Å². The minimum Gasteiger partial charge on any atom is -0.322 e. The van der Waals surface area contributed by atoms with Crippen molar-refractivity contribution in [3.8, 4) is 0 Å². The summed E-state index contributed by atoms with van der Waals surface area (Å²) in [7, 11) is 1.51. The second-order valence-corrected chi connectivity index (χ2v) is 7.23. The maximum absolute atomic E-state index is 12.2. The van der Waals surface area contributed by atoms with E-state index in [1.165, 1.54) is 23.7 Å². The van der Waals surface area contributed by atoms with Gasteiger partial charge in [-0.15, -0.1) is 11.8 Å². The number of imide groups is 1. The molecule has 3 amide bonds. The lowest BCUT2D eigenvalue weighted by molar-refractivity contribution is -0.136. The SMILES string of the molecule is Cc1cccc(C(=O)Nc2ccc(SC3CC(=O)N(C)C3=O)cc2)c1. The molecule has 128 valence electrons. The summed E-state index contributed by atoms with van der Waals surface area (Å²) in [6.45, 7) is 1.94. The van der Waals surface area contributed by atoms with Gasteiger partial charge in [0.25, 0.3) is 5.91 Å². The van der Waals surface area contributed by atoms with Crippen molar-refractivity contribution in [2.24, 2.45) is 0 Å². The van der Waals surface area contributed by atoms with E-state index in [0.29, 0.717) is 11.3 Å². The number of benzene rings is 2. The van der Waals surface area contributed by atoms with Crippen LogP contribution in [0.1, 0.15) is 22.3 Å². The predicted octanol–water partition coefficient (Wildman–Crippen LogP) is 3.10. The molecule has 2 aromatic carbocycles. The fourth-order valence-corrected chi connectivity index (χ4v) is 3.69. The molecule has 0 aromatic heterocycles. The minimum absolute atomic E-state index is 0.149. The number of nitrogens with one attached hydrogen (secondary N) is 1. The molecule has 6 heteroatoms. The van der Waals surface area contributed by atoms with Gasteiger partial charge in [-0.25, -0.2) is 0 Å². The van der Waals surface area contributed by atoms with Crippen LogP contribution in [-0.4, -0.2) is 34.9 Å². The Hall–Kier alpha value is -2.60. The molecule has 0 radical (unpaired) electrons. The van der Waals surface area contributed by atoms with Crippen LogP contribution in [0.15, 0.2) is 53.4 Å². The zero-order valence-electron chi connectivity index (χ0n) is 14.0. The van der Waals surface area contributed by atoms with Crippen LogP contribution >= 0.6 is 11.8 Å². The first-order valence-corrected chi connectivity index (χ1v) is 8.77. The van der Waals surface area contributed by atoms with Gasteiger partial charge in [-0.05, 0) is 43.3 Å². The zero-order valence-corrected chi connectivity index (χ0v) is 14.8. The van der Waals surface area contributed by atoms with Crippen LogP contribution in [0.3, 0.4) is 0 Å². The molecule has 1 heterocycles. The number of carbonyl (C=O) groups excluding carboxylic acids is 3. The predicted molar refractivity (Wildman–Crippen MR) is 97.6 cm³/mol. The van der Waals surface area contributed by atoms with Crippen LogP contribution in [0, 0.1) is 6.92 Å². The largest absolute Gasteiger partial charge is 0.322 e. The van der Waals surface area contributed by atoms with Crippen LogP contribution in [0.5, 0.6) is 0 Å². The number of hydrogen-bond donors (Lipinski definition) is 1. The van der Waals surface area contributed by atoms with Crippen molar-refractivity contribution in [1.82, 2.24) is 4.90 Å². The molecule has 0 aliphatic carbocycles. The van der Waals surface area contributed by atoms with E-state index in [1.807, 2.05) is 37.3 Å². The molecule has 0 spiro atoms. The molecule has 1 atom stereocenters. The quantitative estimate of drug-likeness (QED) is 0.857. The maximum Gasteiger partial charge on any atom is 0.255 e. The summed E-state index contributed by atoms with van der Waals surface area (Å²) in [5.41, 5.74) is 2.32. The van der Waals surface area contributed by atoms with E-state index in [2.05, 4.69) is 5.32 Å². The van der Waals surface area contributed by atoms with Crippen LogP contribution in [0.4, 0.5) is 5.69 Å². The lowest BCUT2D eigenvalue weighted by atomic mass is 10.1. The average molecular weight is 354 g/mol. The molecule has 1 fully saturated rings. The fraction of sp³-hybridized carbons (Fsp3) is 0.211. The summed E-state index contributed by atoms with van der Waals surface area (Å²) in [5.74, 6) is -0.473. The molecule has 0 saturated carbocycles. The van der Waals surface area contributed by atoms with Crippen molar-refractivity contribution in [2.75, 3.05) is 12.4 Å². The van der Waals surface area contributed by atoms with E-state index in [-0.39, 0.29) is 29.4 Å². The molecule has 1 N–H and O–H groups in total. The van der Waals surface area contributed by atoms with Gasteiger partial charge >= 0.3 is 0 Å². The van der Waals surface area contributed by atoms with Gasteiger partial charge in [0.2, 0.25) is 11.8 Å². The second kappa shape index (κ2) is 7.11. The van der Waals surface area contributed by atoms with Gasteiger partial charge in [0.15, 0.2) is 0 Å². The zero-order chi connectivity index (χ0) is 18.0. The van der Waals surface area contributed by atoms with Gasteiger partial charge in [0.1, 0.15) is 0 Å². The molecule has 25 heavy (non-hydrogen) atoms. The Balaban J connectivity index is 1.64. The molecule has 0 bridgehead atoms. The lowest BCUT2D eigenvalue weighted by Crippen LogP contribution is -2.26. The second-order valence-electron chi connectivity index (χ2n) is 5.95. The molecule has 1 aliphatic heterocycles. The third-order valence-electron chi connectivity index (χ3n) is 4.01. The standard InChI is InChI=1S/C19H18N2O3S/c1-12-4-3-5-13(10-12)18(23)20-14-6-8-15(9-7-14)25-16-11-17(22)21(2)19(16)24/h3-10,16H,11H2,1-2H3,(H,20,23). The Bertz CT molecular complexity index is 833. The van der Waals surface area contributed by atoms with Crippen LogP contribution in [-0.2, 0) is 9.59 Å². The number of rotatable bonds is 4. The monoisotopic (exact) mass is 354 g/mol. The Morgan fingerprint density at radius 1 is 1.16 bits per heavy atom. The first-order valence-electron chi connectivity index (χ1n) is 7.89.